The minimum absolute atomic E-state index is 0. The Morgan fingerprint density at radius 2 is 2.10 bits per heavy atom. The molecule has 0 amide bonds. The first-order valence-electron chi connectivity index (χ1n) is 10.7. The van der Waals surface area contributed by atoms with Gasteiger partial charge in [0.2, 0.25) is 0 Å². The fourth-order valence-corrected chi connectivity index (χ4v) is 3.45. The van der Waals surface area contributed by atoms with Gasteiger partial charge in [-0.2, -0.15) is 0 Å². The van der Waals surface area contributed by atoms with Gasteiger partial charge >= 0.3 is 0 Å². The molecule has 3 rings (SSSR count). The second-order valence-electron chi connectivity index (χ2n) is 7.71. The molecule has 2 heterocycles. The summed E-state index contributed by atoms with van der Waals surface area (Å²) in [4.78, 5) is 10.9. The second kappa shape index (κ2) is 13.5. The number of guanidine groups is 1. The van der Waals surface area contributed by atoms with Gasteiger partial charge < -0.3 is 20.3 Å². The van der Waals surface area contributed by atoms with E-state index in [0.29, 0.717) is 38.0 Å². The molecule has 0 spiro atoms. The summed E-state index contributed by atoms with van der Waals surface area (Å²) < 4.78 is 19.8. The van der Waals surface area contributed by atoms with Crippen molar-refractivity contribution >= 4 is 35.8 Å². The third-order valence-electron chi connectivity index (χ3n) is 4.99. The molecule has 1 fully saturated rings. The lowest BCUT2D eigenvalue weighted by Gasteiger charge is -2.20. The number of hydrogen-bond acceptors (Lipinski definition) is 4. The molecule has 1 aromatic heterocycles. The van der Waals surface area contributed by atoms with Crippen LogP contribution in [0.15, 0.2) is 53.7 Å². The van der Waals surface area contributed by atoms with E-state index in [9.17, 15) is 4.39 Å². The number of rotatable bonds is 9. The van der Waals surface area contributed by atoms with Gasteiger partial charge in [-0.1, -0.05) is 37.3 Å². The number of aromatic nitrogens is 1. The van der Waals surface area contributed by atoms with Gasteiger partial charge in [-0.15, -0.1) is 24.0 Å². The molecule has 1 aliphatic heterocycles. The quantitative estimate of drug-likeness (QED) is 0.287. The Bertz CT molecular complexity index is 808. The van der Waals surface area contributed by atoms with Crippen molar-refractivity contribution in [3.8, 4) is 0 Å². The first-order valence-corrected chi connectivity index (χ1v) is 10.7. The summed E-state index contributed by atoms with van der Waals surface area (Å²) in [7, 11) is 0. The number of ether oxygens (including phenoxy) is 1. The number of aliphatic imine (C=N–C) groups is 1. The van der Waals surface area contributed by atoms with Crippen molar-refractivity contribution in [3.05, 3.63) is 60.0 Å². The number of benzene rings is 1. The molecule has 0 aliphatic carbocycles. The van der Waals surface area contributed by atoms with E-state index in [1.165, 1.54) is 11.6 Å². The van der Waals surface area contributed by atoms with Crippen LogP contribution < -0.4 is 15.5 Å². The monoisotopic (exact) mass is 541 g/mol. The van der Waals surface area contributed by atoms with Crippen molar-refractivity contribution in [2.75, 3.05) is 37.7 Å². The van der Waals surface area contributed by atoms with Crippen molar-refractivity contribution in [2.24, 2.45) is 10.9 Å². The lowest BCUT2D eigenvalue weighted by molar-refractivity contribution is 0.0945. The zero-order valence-electron chi connectivity index (χ0n) is 18.3. The Morgan fingerprint density at radius 1 is 1.29 bits per heavy atom. The van der Waals surface area contributed by atoms with E-state index in [0.717, 1.165) is 25.5 Å². The van der Waals surface area contributed by atoms with Crippen molar-refractivity contribution in [1.82, 2.24) is 15.6 Å². The molecule has 2 aromatic rings. The highest BCUT2D eigenvalue weighted by Crippen LogP contribution is 2.20. The molecule has 6 nitrogen and oxygen atoms in total. The van der Waals surface area contributed by atoms with Crippen LogP contribution in [0.2, 0.25) is 0 Å². The number of halogens is 2. The maximum absolute atomic E-state index is 14.0. The Labute approximate surface area is 201 Å². The largest absolute Gasteiger partial charge is 0.376 e. The molecule has 31 heavy (non-hydrogen) atoms. The third-order valence-corrected chi connectivity index (χ3v) is 4.99. The maximum atomic E-state index is 14.0. The second-order valence-corrected chi connectivity index (χ2v) is 7.71. The summed E-state index contributed by atoms with van der Waals surface area (Å²) in [6.07, 6.45) is 2.54. The summed E-state index contributed by atoms with van der Waals surface area (Å²) in [6, 6.07) is 13.5. The van der Waals surface area contributed by atoms with E-state index in [4.69, 9.17) is 9.73 Å². The smallest absolute Gasteiger partial charge is 0.191 e. The Morgan fingerprint density at radius 3 is 2.84 bits per heavy atom. The summed E-state index contributed by atoms with van der Waals surface area (Å²) in [5, 5.41) is 6.78. The van der Waals surface area contributed by atoms with Crippen molar-refractivity contribution in [3.63, 3.8) is 0 Å². The molecule has 0 radical (unpaired) electrons. The first kappa shape index (κ1) is 25.3. The van der Waals surface area contributed by atoms with Crippen LogP contribution in [0.4, 0.5) is 10.2 Å². The molecule has 2 unspecified atom stereocenters. The summed E-state index contributed by atoms with van der Waals surface area (Å²) >= 11 is 0. The van der Waals surface area contributed by atoms with Crippen molar-refractivity contribution < 1.29 is 9.13 Å². The van der Waals surface area contributed by atoms with Crippen molar-refractivity contribution in [2.45, 2.75) is 32.9 Å². The maximum Gasteiger partial charge on any atom is 0.191 e. The van der Waals surface area contributed by atoms with Gasteiger partial charge in [0.05, 0.1) is 13.2 Å². The summed E-state index contributed by atoms with van der Waals surface area (Å²) in [6.45, 7) is 8.41. The number of pyridine rings is 1. The van der Waals surface area contributed by atoms with Gasteiger partial charge in [-0.3, -0.25) is 4.99 Å². The van der Waals surface area contributed by atoms with E-state index in [1.807, 2.05) is 30.0 Å². The van der Waals surface area contributed by atoms with Crippen LogP contribution in [-0.2, 0) is 11.3 Å². The molecule has 0 bridgehead atoms. The molecule has 2 atom stereocenters. The van der Waals surface area contributed by atoms with Crippen LogP contribution in [0.5, 0.6) is 0 Å². The zero-order valence-corrected chi connectivity index (χ0v) is 20.6. The molecular weight excluding hydrogens is 508 g/mol. The SMILES string of the molecule is CCNC(=NCC(C)COCc1ccccc1)NC1CCN(c2ncccc2F)C1.I. The van der Waals surface area contributed by atoms with Crippen molar-refractivity contribution in [1.29, 1.82) is 0 Å². The fourth-order valence-electron chi connectivity index (χ4n) is 3.45. The normalized spacial score (nSPS) is 17.2. The topological polar surface area (TPSA) is 61.8 Å². The van der Waals surface area contributed by atoms with Gasteiger partial charge in [0.15, 0.2) is 17.6 Å². The molecule has 2 N–H and O–H groups in total. The fraction of sp³-hybridized carbons (Fsp3) is 0.478. The molecule has 1 aromatic carbocycles. The number of anilines is 1. The van der Waals surface area contributed by atoms with Gasteiger partial charge in [0.1, 0.15) is 0 Å². The highest BCUT2D eigenvalue weighted by atomic mass is 127. The number of nitrogens with zero attached hydrogens (tertiary/aromatic N) is 3. The molecule has 8 heteroatoms. The summed E-state index contributed by atoms with van der Waals surface area (Å²) in [5.74, 6) is 1.25. The Balaban J connectivity index is 0.00000341. The van der Waals surface area contributed by atoms with Crippen LogP contribution >= 0.6 is 24.0 Å². The molecule has 170 valence electrons. The highest BCUT2D eigenvalue weighted by molar-refractivity contribution is 14.0. The Kier molecular flexibility index (Phi) is 11.0. The predicted octanol–water partition coefficient (Wildman–Crippen LogP) is 3.83. The average Bonchev–Trinajstić information content (AvgIpc) is 3.21. The molecule has 1 saturated heterocycles. The molecular formula is C23H33FIN5O. The molecule has 1 aliphatic rings. The summed E-state index contributed by atoms with van der Waals surface area (Å²) in [5.41, 5.74) is 1.18. The lowest BCUT2D eigenvalue weighted by Crippen LogP contribution is -2.45. The van der Waals surface area contributed by atoms with E-state index < -0.39 is 0 Å². The van der Waals surface area contributed by atoms with Crippen LogP contribution in [0.25, 0.3) is 0 Å². The minimum Gasteiger partial charge on any atom is -0.376 e. The van der Waals surface area contributed by atoms with Crippen LogP contribution in [0, 0.1) is 11.7 Å². The Hall–Kier alpha value is -1.94. The minimum atomic E-state index is -0.275. The average molecular weight is 541 g/mol. The standard InChI is InChI=1S/C23H32FN5O.HI/c1-3-25-23(27-14-18(2)16-30-17-19-8-5-4-6-9-19)28-20-11-13-29(15-20)22-21(24)10-7-12-26-22;/h4-10,12,18,20H,3,11,13-17H2,1-2H3,(H2,25,27,28);1H. The van der Waals surface area contributed by atoms with Gasteiger partial charge in [-0.25, -0.2) is 9.37 Å². The number of nitrogens with one attached hydrogen (secondary N) is 2. The van der Waals surface area contributed by atoms with Crippen LogP contribution in [-0.4, -0.2) is 49.8 Å². The predicted molar refractivity (Wildman–Crippen MR) is 135 cm³/mol. The van der Waals surface area contributed by atoms with Gasteiger partial charge in [-0.05, 0) is 37.0 Å². The highest BCUT2D eigenvalue weighted by Gasteiger charge is 2.25. The van der Waals surface area contributed by atoms with E-state index >= 15 is 0 Å². The van der Waals surface area contributed by atoms with Gasteiger partial charge in [0.25, 0.3) is 0 Å². The third kappa shape index (κ3) is 8.25. The first-order chi connectivity index (χ1) is 14.7. The van der Waals surface area contributed by atoms with E-state index in [-0.39, 0.29) is 35.8 Å². The lowest BCUT2D eigenvalue weighted by atomic mass is 10.2. The zero-order chi connectivity index (χ0) is 21.2. The van der Waals surface area contributed by atoms with Crippen LogP contribution in [0.3, 0.4) is 0 Å². The van der Waals surface area contributed by atoms with E-state index in [2.05, 4.69) is 34.7 Å². The van der Waals surface area contributed by atoms with E-state index in [1.54, 1.807) is 12.3 Å². The van der Waals surface area contributed by atoms with Crippen LogP contribution in [0.1, 0.15) is 25.8 Å². The van der Waals surface area contributed by atoms with Gasteiger partial charge in [0, 0.05) is 38.4 Å². The number of hydrogen-bond donors (Lipinski definition) is 2. The molecule has 0 saturated carbocycles.